The first-order chi connectivity index (χ1) is 5.24. The monoisotopic (exact) mass is 158 g/mol. The fraction of sp³-hybridized carbons (Fsp3) is 0.667. The van der Waals surface area contributed by atoms with Crippen LogP contribution in [0.5, 0.6) is 0 Å². The van der Waals surface area contributed by atoms with Crippen LogP contribution in [0, 0.1) is 0 Å². The number of hydrogen-bond donors (Lipinski definition) is 1. The molecule has 0 bridgehead atoms. The van der Waals surface area contributed by atoms with E-state index in [9.17, 15) is 9.59 Å². The predicted molar refractivity (Wildman–Crippen MR) is 36.7 cm³/mol. The lowest BCUT2D eigenvalue weighted by Crippen LogP contribution is -2.47. The van der Waals surface area contributed by atoms with Gasteiger partial charge in [-0.2, -0.15) is 0 Å². The molecule has 1 aliphatic heterocycles. The number of carbonyl (C=O) groups is 2. The molecule has 1 N–H and O–H groups in total. The van der Waals surface area contributed by atoms with Crippen LogP contribution in [-0.4, -0.2) is 37.2 Å². The summed E-state index contributed by atoms with van der Waals surface area (Å²) in [5.74, 6) is -0.0230. The van der Waals surface area contributed by atoms with E-state index in [1.807, 2.05) is 0 Å². The molecule has 0 radical (unpaired) electrons. The number of amides is 2. The van der Waals surface area contributed by atoms with Crippen LogP contribution >= 0.6 is 0 Å². The maximum atomic E-state index is 10.8. The van der Waals surface area contributed by atoms with E-state index in [2.05, 4.69) is 10.1 Å². The molecule has 0 saturated carbocycles. The van der Waals surface area contributed by atoms with Crippen LogP contribution in [0.4, 0.5) is 4.79 Å². The van der Waals surface area contributed by atoms with Crippen molar-refractivity contribution in [2.24, 2.45) is 0 Å². The second kappa shape index (κ2) is 3.23. The van der Waals surface area contributed by atoms with E-state index in [1.165, 1.54) is 12.0 Å². The van der Waals surface area contributed by atoms with Gasteiger partial charge in [-0.1, -0.05) is 0 Å². The third-order valence-corrected chi connectivity index (χ3v) is 1.51. The topological polar surface area (TPSA) is 58.6 Å². The minimum Gasteiger partial charge on any atom is -0.453 e. The Balaban J connectivity index is 2.39. The molecule has 62 valence electrons. The second-order valence-electron chi connectivity index (χ2n) is 2.24. The van der Waals surface area contributed by atoms with E-state index < -0.39 is 6.09 Å². The Hall–Kier alpha value is -1.26. The van der Waals surface area contributed by atoms with Crippen LogP contribution in [0.25, 0.3) is 0 Å². The van der Waals surface area contributed by atoms with Gasteiger partial charge < -0.3 is 10.1 Å². The smallest absolute Gasteiger partial charge is 0.410 e. The van der Waals surface area contributed by atoms with Crippen molar-refractivity contribution in [2.45, 2.75) is 6.42 Å². The van der Waals surface area contributed by atoms with Gasteiger partial charge >= 0.3 is 6.09 Å². The zero-order chi connectivity index (χ0) is 8.27. The number of methoxy groups -OCH3 is 1. The lowest BCUT2D eigenvalue weighted by atomic mass is 10.3. The lowest BCUT2D eigenvalue weighted by Gasteiger charge is -2.25. The molecule has 5 nitrogen and oxygen atoms in total. The molecule has 1 aliphatic rings. The van der Waals surface area contributed by atoms with Crippen LogP contribution in [0.1, 0.15) is 6.42 Å². The average Bonchev–Trinajstić information content (AvgIpc) is 2.05. The molecule has 5 heteroatoms. The van der Waals surface area contributed by atoms with E-state index in [0.29, 0.717) is 13.0 Å². The van der Waals surface area contributed by atoms with Gasteiger partial charge in [0.1, 0.15) is 0 Å². The molecule has 11 heavy (non-hydrogen) atoms. The molecule has 0 spiro atoms. The number of ether oxygens (including phenoxy) is 1. The highest BCUT2D eigenvalue weighted by atomic mass is 16.5. The minimum absolute atomic E-state index is 0.0230. The molecule has 1 saturated heterocycles. The summed E-state index contributed by atoms with van der Waals surface area (Å²) in [6, 6.07) is 0. The fourth-order valence-corrected chi connectivity index (χ4v) is 0.872. The van der Waals surface area contributed by atoms with Crippen molar-refractivity contribution in [1.82, 2.24) is 10.2 Å². The van der Waals surface area contributed by atoms with Crippen molar-refractivity contribution in [3.05, 3.63) is 0 Å². The molecular formula is C6H10N2O3. The number of carbonyl (C=O) groups excluding carboxylic acids is 2. The summed E-state index contributed by atoms with van der Waals surface area (Å²) < 4.78 is 4.46. The van der Waals surface area contributed by atoms with E-state index in [1.54, 1.807) is 0 Å². The summed E-state index contributed by atoms with van der Waals surface area (Å²) in [6.07, 6.45) is -0.0419. The third kappa shape index (κ3) is 1.83. The average molecular weight is 158 g/mol. The largest absolute Gasteiger partial charge is 0.453 e. The SMILES string of the molecule is COC(=O)N1CCC(=O)NC1. The molecule has 0 unspecified atom stereocenters. The van der Waals surface area contributed by atoms with Crippen LogP contribution in [0.2, 0.25) is 0 Å². The number of nitrogens with one attached hydrogen (secondary N) is 1. The molecule has 0 atom stereocenters. The van der Waals surface area contributed by atoms with Crippen molar-refractivity contribution in [3.63, 3.8) is 0 Å². The van der Waals surface area contributed by atoms with Gasteiger partial charge in [-0.3, -0.25) is 9.69 Å². The van der Waals surface area contributed by atoms with Gasteiger partial charge in [0.2, 0.25) is 5.91 Å². The molecule has 2 amide bonds. The number of nitrogens with zero attached hydrogens (tertiary/aromatic N) is 1. The van der Waals surface area contributed by atoms with Gasteiger partial charge in [-0.15, -0.1) is 0 Å². The quantitative estimate of drug-likeness (QED) is 0.518. The molecule has 0 aromatic heterocycles. The summed E-state index contributed by atoms with van der Waals surface area (Å²) in [6.45, 7) is 0.698. The molecule has 0 aromatic rings. The Kier molecular flexibility index (Phi) is 2.30. The van der Waals surface area contributed by atoms with Crippen molar-refractivity contribution < 1.29 is 14.3 Å². The normalized spacial score (nSPS) is 17.5. The van der Waals surface area contributed by atoms with Crippen LogP contribution in [0.15, 0.2) is 0 Å². The molecule has 1 rings (SSSR count). The van der Waals surface area contributed by atoms with Crippen LogP contribution in [-0.2, 0) is 9.53 Å². The first-order valence-electron chi connectivity index (χ1n) is 3.33. The van der Waals surface area contributed by atoms with E-state index >= 15 is 0 Å². The van der Waals surface area contributed by atoms with E-state index in [0.717, 1.165) is 0 Å². The Labute approximate surface area is 64.3 Å². The van der Waals surface area contributed by atoms with Crippen molar-refractivity contribution in [2.75, 3.05) is 20.3 Å². The minimum atomic E-state index is -0.398. The van der Waals surface area contributed by atoms with Crippen molar-refractivity contribution in [1.29, 1.82) is 0 Å². The molecule has 1 heterocycles. The van der Waals surface area contributed by atoms with Gasteiger partial charge in [-0.05, 0) is 0 Å². The maximum absolute atomic E-state index is 10.8. The number of hydrogen-bond acceptors (Lipinski definition) is 3. The predicted octanol–water partition coefficient (Wildman–Crippen LogP) is -0.468. The Bertz CT molecular complexity index is 171. The highest BCUT2D eigenvalue weighted by molar-refractivity contribution is 5.79. The van der Waals surface area contributed by atoms with Gasteiger partial charge in [-0.25, -0.2) is 4.79 Å². The fourth-order valence-electron chi connectivity index (χ4n) is 0.872. The zero-order valence-electron chi connectivity index (χ0n) is 6.29. The first-order valence-corrected chi connectivity index (χ1v) is 3.33. The van der Waals surface area contributed by atoms with Crippen LogP contribution < -0.4 is 5.32 Å². The van der Waals surface area contributed by atoms with E-state index in [4.69, 9.17) is 0 Å². The Morgan fingerprint density at radius 3 is 2.91 bits per heavy atom. The van der Waals surface area contributed by atoms with Gasteiger partial charge in [0.25, 0.3) is 0 Å². The highest BCUT2D eigenvalue weighted by Crippen LogP contribution is 1.98. The molecule has 0 aromatic carbocycles. The second-order valence-corrected chi connectivity index (χ2v) is 2.24. The molecule has 1 fully saturated rings. The summed E-state index contributed by atoms with van der Waals surface area (Å²) in [7, 11) is 1.32. The third-order valence-electron chi connectivity index (χ3n) is 1.51. The first kappa shape index (κ1) is 7.84. The lowest BCUT2D eigenvalue weighted by molar-refractivity contribution is -0.123. The van der Waals surface area contributed by atoms with E-state index in [-0.39, 0.29) is 12.6 Å². The molecule has 0 aliphatic carbocycles. The molecular weight excluding hydrogens is 148 g/mol. The summed E-state index contributed by atoms with van der Waals surface area (Å²) >= 11 is 0. The highest BCUT2D eigenvalue weighted by Gasteiger charge is 2.19. The summed E-state index contributed by atoms with van der Waals surface area (Å²) in [5.41, 5.74) is 0. The summed E-state index contributed by atoms with van der Waals surface area (Å²) in [5, 5.41) is 2.53. The van der Waals surface area contributed by atoms with Crippen molar-refractivity contribution >= 4 is 12.0 Å². The van der Waals surface area contributed by atoms with Gasteiger partial charge in [0, 0.05) is 13.0 Å². The summed E-state index contributed by atoms with van der Waals surface area (Å²) in [4.78, 5) is 22.9. The van der Waals surface area contributed by atoms with Gasteiger partial charge in [0.15, 0.2) is 0 Å². The Morgan fingerprint density at radius 1 is 1.73 bits per heavy atom. The number of rotatable bonds is 0. The standard InChI is InChI=1S/C6H10N2O3/c1-11-6(10)8-3-2-5(9)7-4-8/h2-4H2,1H3,(H,7,9). The maximum Gasteiger partial charge on any atom is 0.410 e. The van der Waals surface area contributed by atoms with Crippen LogP contribution in [0.3, 0.4) is 0 Å². The zero-order valence-corrected chi connectivity index (χ0v) is 6.29. The van der Waals surface area contributed by atoms with Crippen molar-refractivity contribution in [3.8, 4) is 0 Å². The Morgan fingerprint density at radius 2 is 2.45 bits per heavy atom. The van der Waals surface area contributed by atoms with Gasteiger partial charge in [0.05, 0.1) is 13.8 Å².